The second kappa shape index (κ2) is 9.47. The molecule has 2 N–H and O–H groups in total. The van der Waals surface area contributed by atoms with Crippen LogP contribution in [0.4, 0.5) is 5.69 Å². The van der Waals surface area contributed by atoms with Gasteiger partial charge >= 0.3 is 0 Å². The summed E-state index contributed by atoms with van der Waals surface area (Å²) in [5, 5.41) is 7.70. The van der Waals surface area contributed by atoms with Crippen molar-refractivity contribution in [3.63, 3.8) is 0 Å². The Morgan fingerprint density at radius 1 is 1.15 bits per heavy atom. The van der Waals surface area contributed by atoms with Crippen molar-refractivity contribution in [2.45, 2.75) is 13.0 Å². The van der Waals surface area contributed by atoms with Gasteiger partial charge in [-0.05, 0) is 29.1 Å². The minimum Gasteiger partial charge on any atom is -0.379 e. The molecule has 0 radical (unpaired) electrons. The zero-order valence-electron chi connectivity index (χ0n) is 14.6. The first-order chi connectivity index (χ1) is 12.7. The molecule has 7 heteroatoms. The molecular weight excluding hydrogens is 350 g/mol. The van der Waals surface area contributed by atoms with Gasteiger partial charge in [0, 0.05) is 38.3 Å². The second-order valence-corrected chi connectivity index (χ2v) is 7.06. The number of carbonyl (C=O) groups excluding carboxylic acids is 2. The van der Waals surface area contributed by atoms with Crippen LogP contribution in [0.2, 0.25) is 0 Å². The molecule has 2 heterocycles. The Hall–Kier alpha value is -2.22. The van der Waals surface area contributed by atoms with Crippen molar-refractivity contribution in [1.29, 1.82) is 0 Å². The summed E-state index contributed by atoms with van der Waals surface area (Å²) >= 11 is 1.41. The number of rotatable bonds is 7. The summed E-state index contributed by atoms with van der Waals surface area (Å²) in [6.45, 7) is 4.40. The SMILES string of the molecule is O=C(CCN1CCOCC1)Nc1cccc(CNC(=O)c2cccs2)c1. The number of nitrogens with zero attached hydrogens (tertiary/aromatic N) is 1. The Kier molecular flexibility index (Phi) is 6.76. The Morgan fingerprint density at radius 3 is 2.77 bits per heavy atom. The molecule has 0 unspecified atom stereocenters. The maximum atomic E-state index is 12.2. The molecule has 0 spiro atoms. The third-order valence-corrected chi connectivity index (χ3v) is 5.04. The van der Waals surface area contributed by atoms with Gasteiger partial charge in [-0.3, -0.25) is 14.5 Å². The molecule has 0 saturated carbocycles. The molecule has 2 amide bonds. The van der Waals surface area contributed by atoms with Gasteiger partial charge in [0.05, 0.1) is 18.1 Å². The van der Waals surface area contributed by atoms with Gasteiger partial charge in [-0.25, -0.2) is 0 Å². The molecule has 2 aromatic rings. The van der Waals surface area contributed by atoms with Crippen LogP contribution in [-0.2, 0) is 16.1 Å². The molecule has 1 fully saturated rings. The fraction of sp³-hybridized carbons (Fsp3) is 0.368. The van der Waals surface area contributed by atoms with Gasteiger partial charge in [0.15, 0.2) is 0 Å². The van der Waals surface area contributed by atoms with Crippen molar-refractivity contribution >= 4 is 28.8 Å². The number of hydrogen-bond acceptors (Lipinski definition) is 5. The van der Waals surface area contributed by atoms with Crippen LogP contribution < -0.4 is 10.6 Å². The maximum Gasteiger partial charge on any atom is 0.261 e. The van der Waals surface area contributed by atoms with Gasteiger partial charge in [0.1, 0.15) is 0 Å². The van der Waals surface area contributed by atoms with E-state index in [1.165, 1.54) is 11.3 Å². The minimum absolute atomic E-state index is 0.00346. The lowest BCUT2D eigenvalue weighted by Crippen LogP contribution is -2.38. The number of hydrogen-bond donors (Lipinski definition) is 2. The molecule has 0 bridgehead atoms. The number of nitrogens with one attached hydrogen (secondary N) is 2. The molecule has 0 aliphatic carbocycles. The Balaban J connectivity index is 1.45. The lowest BCUT2D eigenvalue weighted by Gasteiger charge is -2.26. The number of benzene rings is 1. The second-order valence-electron chi connectivity index (χ2n) is 6.11. The highest BCUT2D eigenvalue weighted by Crippen LogP contribution is 2.12. The summed E-state index contributed by atoms with van der Waals surface area (Å²) in [5.41, 5.74) is 1.70. The summed E-state index contributed by atoms with van der Waals surface area (Å²) in [5.74, 6) is -0.0868. The normalized spacial score (nSPS) is 14.8. The third-order valence-electron chi connectivity index (χ3n) is 4.17. The van der Waals surface area contributed by atoms with E-state index in [9.17, 15) is 9.59 Å². The van der Waals surface area contributed by atoms with E-state index in [1.807, 2.05) is 35.7 Å². The zero-order valence-corrected chi connectivity index (χ0v) is 15.4. The van der Waals surface area contributed by atoms with Crippen molar-refractivity contribution in [1.82, 2.24) is 10.2 Å². The van der Waals surface area contributed by atoms with Crippen LogP contribution in [-0.4, -0.2) is 49.6 Å². The Labute approximate surface area is 157 Å². The molecule has 3 rings (SSSR count). The zero-order chi connectivity index (χ0) is 18.2. The summed E-state index contributed by atoms with van der Waals surface area (Å²) in [4.78, 5) is 27.1. The van der Waals surface area contributed by atoms with Crippen LogP contribution in [0.3, 0.4) is 0 Å². The highest BCUT2D eigenvalue weighted by molar-refractivity contribution is 7.12. The summed E-state index contributed by atoms with van der Waals surface area (Å²) in [6.07, 6.45) is 0.458. The molecule has 1 saturated heterocycles. The average molecular weight is 373 g/mol. The van der Waals surface area contributed by atoms with Crippen molar-refractivity contribution in [3.8, 4) is 0 Å². The van der Waals surface area contributed by atoms with Crippen LogP contribution in [0.25, 0.3) is 0 Å². The molecule has 1 aliphatic heterocycles. The van der Waals surface area contributed by atoms with Gasteiger partial charge in [-0.15, -0.1) is 11.3 Å². The van der Waals surface area contributed by atoms with Crippen molar-refractivity contribution < 1.29 is 14.3 Å². The summed E-state index contributed by atoms with van der Waals surface area (Å²) in [7, 11) is 0. The Bertz CT molecular complexity index is 727. The van der Waals surface area contributed by atoms with Gasteiger partial charge in [0.2, 0.25) is 5.91 Å². The van der Waals surface area contributed by atoms with Gasteiger partial charge in [0.25, 0.3) is 5.91 Å². The fourth-order valence-electron chi connectivity index (χ4n) is 2.74. The highest BCUT2D eigenvalue weighted by Gasteiger charge is 2.12. The van der Waals surface area contributed by atoms with E-state index >= 15 is 0 Å². The average Bonchev–Trinajstić information content (AvgIpc) is 3.20. The monoisotopic (exact) mass is 373 g/mol. The van der Waals surface area contributed by atoms with Gasteiger partial charge in [-0.2, -0.15) is 0 Å². The number of thiophene rings is 1. The van der Waals surface area contributed by atoms with Crippen LogP contribution in [0.1, 0.15) is 21.7 Å². The number of morpholine rings is 1. The molecule has 26 heavy (non-hydrogen) atoms. The molecule has 0 atom stereocenters. The topological polar surface area (TPSA) is 70.7 Å². The van der Waals surface area contributed by atoms with Gasteiger partial charge in [-0.1, -0.05) is 18.2 Å². The fourth-order valence-corrected chi connectivity index (χ4v) is 3.38. The standard InChI is InChI=1S/C19H23N3O3S/c23-18(6-7-22-8-10-25-11-9-22)21-16-4-1-3-15(13-16)14-20-19(24)17-5-2-12-26-17/h1-5,12-13H,6-11,14H2,(H,20,24)(H,21,23). The Morgan fingerprint density at radius 2 is 2.00 bits per heavy atom. The first-order valence-electron chi connectivity index (χ1n) is 8.71. The van der Waals surface area contributed by atoms with E-state index < -0.39 is 0 Å². The lowest BCUT2D eigenvalue weighted by atomic mass is 10.2. The van der Waals surface area contributed by atoms with E-state index in [4.69, 9.17) is 4.74 Å². The van der Waals surface area contributed by atoms with E-state index in [0.717, 1.165) is 44.1 Å². The van der Waals surface area contributed by atoms with E-state index in [2.05, 4.69) is 15.5 Å². The predicted octanol–water partition coefficient (Wildman–Crippen LogP) is 2.34. The van der Waals surface area contributed by atoms with E-state index in [1.54, 1.807) is 6.07 Å². The van der Waals surface area contributed by atoms with E-state index in [0.29, 0.717) is 17.8 Å². The molecular formula is C19H23N3O3S. The van der Waals surface area contributed by atoms with Gasteiger partial charge < -0.3 is 15.4 Å². The molecule has 6 nitrogen and oxygen atoms in total. The number of carbonyl (C=O) groups is 2. The maximum absolute atomic E-state index is 12.2. The van der Waals surface area contributed by atoms with Crippen LogP contribution in [0, 0.1) is 0 Å². The number of ether oxygens (including phenoxy) is 1. The molecule has 138 valence electrons. The highest BCUT2D eigenvalue weighted by atomic mass is 32.1. The predicted molar refractivity (Wildman–Crippen MR) is 102 cm³/mol. The summed E-state index contributed by atoms with van der Waals surface area (Å²) in [6, 6.07) is 11.2. The number of amides is 2. The van der Waals surface area contributed by atoms with Crippen LogP contribution in [0.5, 0.6) is 0 Å². The van der Waals surface area contributed by atoms with Crippen molar-refractivity contribution in [2.24, 2.45) is 0 Å². The minimum atomic E-state index is -0.0834. The van der Waals surface area contributed by atoms with Crippen LogP contribution in [0.15, 0.2) is 41.8 Å². The van der Waals surface area contributed by atoms with Crippen molar-refractivity contribution in [3.05, 3.63) is 52.2 Å². The molecule has 1 aliphatic rings. The van der Waals surface area contributed by atoms with Crippen molar-refractivity contribution in [2.75, 3.05) is 38.2 Å². The summed E-state index contributed by atoms with van der Waals surface area (Å²) < 4.78 is 5.31. The van der Waals surface area contributed by atoms with E-state index in [-0.39, 0.29) is 11.8 Å². The van der Waals surface area contributed by atoms with Crippen LogP contribution >= 0.6 is 11.3 Å². The quantitative estimate of drug-likeness (QED) is 0.782. The number of anilines is 1. The largest absolute Gasteiger partial charge is 0.379 e. The first-order valence-corrected chi connectivity index (χ1v) is 9.59. The molecule has 1 aromatic heterocycles. The first kappa shape index (κ1) is 18.6. The molecule has 1 aromatic carbocycles. The third kappa shape index (κ3) is 5.66. The smallest absolute Gasteiger partial charge is 0.261 e. The lowest BCUT2D eigenvalue weighted by molar-refractivity contribution is -0.116.